The molecule has 3 unspecified atom stereocenters. The lowest BCUT2D eigenvalue weighted by molar-refractivity contribution is -0.295. The minimum absolute atomic E-state index is 0.158. The molecule has 1 heterocycles. The first kappa shape index (κ1) is 20.1. The molecule has 1 aliphatic heterocycles. The van der Waals surface area contributed by atoms with Gasteiger partial charge in [-0.15, -0.1) is 0 Å². The lowest BCUT2D eigenvalue weighted by atomic mass is 10.2. The molecule has 0 aromatic heterocycles. The highest BCUT2D eigenvalue weighted by Gasteiger charge is 2.22. The van der Waals surface area contributed by atoms with Crippen LogP contribution in [0.2, 0.25) is 0 Å². The summed E-state index contributed by atoms with van der Waals surface area (Å²) in [6.45, 7) is 3.91. The van der Waals surface area contributed by atoms with Gasteiger partial charge in [0.05, 0.1) is 19.8 Å². The van der Waals surface area contributed by atoms with Gasteiger partial charge in [0.25, 0.3) is 10.1 Å². The Morgan fingerprint density at radius 1 is 1.41 bits per heavy atom. The second kappa shape index (κ2) is 10.8. The predicted octanol–water partition coefficient (Wildman–Crippen LogP) is 0.316. The van der Waals surface area contributed by atoms with Crippen LogP contribution < -0.4 is 0 Å². The summed E-state index contributed by atoms with van der Waals surface area (Å²) in [6.07, 6.45) is -0.440. The van der Waals surface area contributed by atoms with E-state index in [1.807, 2.05) is 6.92 Å². The summed E-state index contributed by atoms with van der Waals surface area (Å²) in [5.41, 5.74) is 0. The van der Waals surface area contributed by atoms with Crippen LogP contribution in [0.25, 0.3) is 0 Å². The van der Waals surface area contributed by atoms with Crippen LogP contribution in [0.3, 0.4) is 0 Å². The molecule has 1 fully saturated rings. The molecule has 0 spiro atoms. The summed E-state index contributed by atoms with van der Waals surface area (Å²) in [5, 5.41) is 9.26. The van der Waals surface area contributed by atoms with Crippen LogP contribution in [0.1, 0.15) is 13.3 Å². The highest BCUT2D eigenvalue weighted by Crippen LogP contribution is 2.12. The molecule has 132 valence electrons. The van der Waals surface area contributed by atoms with Crippen LogP contribution >= 0.6 is 11.8 Å². The Morgan fingerprint density at radius 2 is 2.14 bits per heavy atom. The van der Waals surface area contributed by atoms with Crippen LogP contribution in [-0.4, -0.2) is 74.2 Å². The van der Waals surface area contributed by atoms with Crippen LogP contribution in [0.15, 0.2) is 0 Å². The minimum atomic E-state index is -4.22. The van der Waals surface area contributed by atoms with Crippen molar-refractivity contribution in [3.05, 3.63) is 0 Å². The molecule has 0 saturated carbocycles. The first-order valence-corrected chi connectivity index (χ1v) is 9.82. The fraction of sp³-hybridized carbons (Fsp3) is 1.00. The molecule has 22 heavy (non-hydrogen) atoms. The monoisotopic (exact) mass is 360 g/mol. The van der Waals surface area contributed by atoms with Crippen molar-refractivity contribution in [2.24, 2.45) is 5.92 Å². The summed E-state index contributed by atoms with van der Waals surface area (Å²) < 4.78 is 39.5. The van der Waals surface area contributed by atoms with E-state index in [2.05, 4.69) is 0 Å². The van der Waals surface area contributed by atoms with Crippen molar-refractivity contribution < 1.29 is 37.3 Å². The summed E-state index contributed by atoms with van der Waals surface area (Å²) in [5.74, 6) is 1.07. The lowest BCUT2D eigenvalue weighted by Gasteiger charge is -2.15. The van der Waals surface area contributed by atoms with Crippen LogP contribution in [0.5, 0.6) is 0 Å². The summed E-state index contributed by atoms with van der Waals surface area (Å²) in [6, 6.07) is 0. The van der Waals surface area contributed by atoms with Gasteiger partial charge >= 0.3 is 0 Å². The maximum Gasteiger partial charge on any atom is 0.269 e. The zero-order valence-corrected chi connectivity index (χ0v) is 14.2. The van der Waals surface area contributed by atoms with E-state index in [1.165, 1.54) is 0 Å². The highest BCUT2D eigenvalue weighted by molar-refractivity contribution is 7.99. The Hall–Kier alpha value is 0.0600. The Balaban J connectivity index is 1.86. The number of aliphatic hydroxyl groups excluding tert-OH is 1. The van der Waals surface area contributed by atoms with Crippen molar-refractivity contribution >= 4 is 21.9 Å². The SMILES string of the molecule is CC(COC(O)CS(=O)(=O)O)CSCCCOOCC1CO1. The van der Waals surface area contributed by atoms with E-state index in [9.17, 15) is 13.5 Å². The number of hydrogen-bond acceptors (Lipinski definition) is 8. The minimum Gasteiger partial charge on any atom is -0.370 e. The molecule has 0 aromatic rings. The lowest BCUT2D eigenvalue weighted by Crippen LogP contribution is -2.25. The van der Waals surface area contributed by atoms with Crippen molar-refractivity contribution in [1.29, 1.82) is 0 Å². The van der Waals surface area contributed by atoms with E-state index < -0.39 is 22.2 Å². The maximum absolute atomic E-state index is 10.5. The number of epoxide rings is 1. The van der Waals surface area contributed by atoms with E-state index in [0.717, 1.165) is 24.5 Å². The third-order valence-electron chi connectivity index (χ3n) is 2.58. The van der Waals surface area contributed by atoms with Gasteiger partial charge in [0.1, 0.15) is 18.5 Å². The molecular weight excluding hydrogens is 336 g/mol. The van der Waals surface area contributed by atoms with Crippen LogP contribution in [-0.2, 0) is 29.4 Å². The first-order chi connectivity index (χ1) is 10.4. The molecule has 10 heteroatoms. The zero-order valence-electron chi connectivity index (χ0n) is 12.5. The Bertz CT molecular complexity index is 385. The highest BCUT2D eigenvalue weighted by atomic mass is 32.2. The van der Waals surface area contributed by atoms with Crippen molar-refractivity contribution in [1.82, 2.24) is 0 Å². The fourth-order valence-electron chi connectivity index (χ4n) is 1.40. The largest absolute Gasteiger partial charge is 0.370 e. The number of rotatable bonds is 14. The maximum atomic E-state index is 10.5. The summed E-state index contributed by atoms with van der Waals surface area (Å²) in [4.78, 5) is 9.92. The number of thioether (sulfide) groups is 1. The normalized spacial score (nSPS) is 20.8. The third-order valence-corrected chi connectivity index (χ3v) is 4.67. The van der Waals surface area contributed by atoms with Crippen molar-refractivity contribution in [3.8, 4) is 0 Å². The van der Waals surface area contributed by atoms with E-state index in [1.54, 1.807) is 11.8 Å². The average Bonchev–Trinajstić information content (AvgIpc) is 3.21. The van der Waals surface area contributed by atoms with E-state index in [0.29, 0.717) is 13.2 Å². The molecule has 0 aromatic carbocycles. The molecule has 2 N–H and O–H groups in total. The number of hydrogen-bond donors (Lipinski definition) is 2. The number of aliphatic hydroxyl groups is 1. The molecular formula is C12H24O8S2. The molecule has 0 aliphatic carbocycles. The second-order valence-corrected chi connectivity index (χ2v) is 7.78. The van der Waals surface area contributed by atoms with Gasteiger partial charge in [-0.25, -0.2) is 9.78 Å². The summed E-state index contributed by atoms with van der Waals surface area (Å²) >= 11 is 1.71. The van der Waals surface area contributed by atoms with Gasteiger partial charge in [-0.2, -0.15) is 20.2 Å². The average molecular weight is 360 g/mol. The van der Waals surface area contributed by atoms with Gasteiger partial charge < -0.3 is 14.6 Å². The topological polar surface area (TPSA) is 115 Å². The van der Waals surface area contributed by atoms with Crippen molar-refractivity contribution in [2.75, 3.05) is 43.7 Å². The second-order valence-electron chi connectivity index (χ2n) is 5.13. The third kappa shape index (κ3) is 12.6. The smallest absolute Gasteiger partial charge is 0.269 e. The molecule has 8 nitrogen and oxygen atoms in total. The van der Waals surface area contributed by atoms with E-state index >= 15 is 0 Å². The van der Waals surface area contributed by atoms with Gasteiger partial charge in [-0.05, 0) is 23.8 Å². The first-order valence-electron chi connectivity index (χ1n) is 7.05. The van der Waals surface area contributed by atoms with Gasteiger partial charge in [-0.1, -0.05) is 6.92 Å². The molecule has 1 saturated heterocycles. The standard InChI is InChI=1S/C12H24O8S2/c1-10(5-18-12(13)9-22(14,15)16)8-21-4-2-3-19-20-7-11-6-17-11/h10-13H,2-9H2,1H3,(H,14,15,16). The Labute approximate surface area is 135 Å². The summed E-state index contributed by atoms with van der Waals surface area (Å²) in [7, 11) is -4.22. The van der Waals surface area contributed by atoms with Crippen molar-refractivity contribution in [3.63, 3.8) is 0 Å². The Morgan fingerprint density at radius 3 is 2.77 bits per heavy atom. The van der Waals surface area contributed by atoms with Gasteiger partial charge in [0.2, 0.25) is 0 Å². The quantitative estimate of drug-likeness (QED) is 0.113. The van der Waals surface area contributed by atoms with Crippen LogP contribution in [0, 0.1) is 5.92 Å². The van der Waals surface area contributed by atoms with E-state index in [-0.39, 0.29) is 18.6 Å². The zero-order chi connectivity index (χ0) is 16.4. The molecule has 0 bridgehead atoms. The fourth-order valence-corrected chi connectivity index (χ4v) is 2.85. The molecule has 0 amide bonds. The van der Waals surface area contributed by atoms with Gasteiger partial charge in [0, 0.05) is 0 Å². The Kier molecular flexibility index (Phi) is 9.84. The van der Waals surface area contributed by atoms with E-state index in [4.69, 9.17) is 23.8 Å². The molecule has 3 atom stereocenters. The molecule has 0 radical (unpaired) electrons. The number of ether oxygens (including phenoxy) is 2. The molecule has 1 rings (SSSR count). The molecule has 1 aliphatic rings. The predicted molar refractivity (Wildman–Crippen MR) is 81.1 cm³/mol. The van der Waals surface area contributed by atoms with Gasteiger partial charge in [-0.3, -0.25) is 4.55 Å². The van der Waals surface area contributed by atoms with Crippen LogP contribution in [0.4, 0.5) is 0 Å². The van der Waals surface area contributed by atoms with Gasteiger partial charge in [0.15, 0.2) is 6.29 Å². The van der Waals surface area contributed by atoms with Crippen molar-refractivity contribution in [2.45, 2.75) is 25.7 Å².